The van der Waals surface area contributed by atoms with E-state index in [-0.39, 0.29) is 5.92 Å². The summed E-state index contributed by atoms with van der Waals surface area (Å²) < 4.78 is 0. The smallest absolute Gasteiger partial charge is 0.228 e. The molecule has 0 aliphatic heterocycles. The molecule has 0 aromatic rings. The fourth-order valence-corrected chi connectivity index (χ4v) is 3.50. The SMILES string of the molecule is CC1CC(C)(C)C(OOC(C)(C)C)(OOC(C)(C)C)C(OOC(C)(C)C)(OOC(C)(C)C)C1. The fourth-order valence-electron chi connectivity index (χ4n) is 3.50. The van der Waals surface area contributed by atoms with Crippen LogP contribution in [-0.2, 0) is 39.1 Å². The van der Waals surface area contributed by atoms with Gasteiger partial charge in [-0.05, 0) is 95.4 Å². The predicted octanol–water partition coefficient (Wildman–Crippen LogP) is 6.82. The van der Waals surface area contributed by atoms with Crippen LogP contribution in [0.15, 0.2) is 0 Å². The second-order valence-electron chi connectivity index (χ2n) is 13.9. The average Bonchev–Trinajstić information content (AvgIpc) is 2.53. The summed E-state index contributed by atoms with van der Waals surface area (Å²) >= 11 is 0. The second kappa shape index (κ2) is 9.97. The Balaban J connectivity index is 3.73. The average molecular weight is 479 g/mol. The summed E-state index contributed by atoms with van der Waals surface area (Å²) in [7, 11) is 0. The molecule has 8 nitrogen and oxygen atoms in total. The topological polar surface area (TPSA) is 73.8 Å². The van der Waals surface area contributed by atoms with Gasteiger partial charge in [0.2, 0.25) is 0 Å². The molecule has 1 aliphatic rings. The summed E-state index contributed by atoms with van der Waals surface area (Å²) in [6.07, 6.45) is 1.05. The fraction of sp³-hybridized carbons (Fsp3) is 1.00. The lowest BCUT2D eigenvalue weighted by atomic mass is 9.65. The first-order valence-corrected chi connectivity index (χ1v) is 11.9. The third kappa shape index (κ3) is 9.00. The van der Waals surface area contributed by atoms with Crippen LogP contribution in [-0.4, -0.2) is 34.0 Å². The third-order valence-electron chi connectivity index (χ3n) is 4.54. The molecule has 198 valence electrons. The Labute approximate surface area is 201 Å². The minimum Gasteiger partial charge on any atom is -0.228 e. The molecule has 1 rings (SSSR count). The summed E-state index contributed by atoms with van der Waals surface area (Å²) in [5.41, 5.74) is -3.32. The van der Waals surface area contributed by atoms with Gasteiger partial charge in [-0.2, -0.15) is 19.6 Å². The van der Waals surface area contributed by atoms with Gasteiger partial charge in [0.1, 0.15) is 0 Å². The van der Waals surface area contributed by atoms with Gasteiger partial charge >= 0.3 is 0 Å². The zero-order valence-electron chi connectivity index (χ0n) is 23.8. The lowest BCUT2D eigenvalue weighted by molar-refractivity contribution is -0.672. The van der Waals surface area contributed by atoms with Crippen LogP contribution in [0.4, 0.5) is 0 Å². The number of hydrogen-bond acceptors (Lipinski definition) is 8. The van der Waals surface area contributed by atoms with E-state index in [0.29, 0.717) is 12.8 Å². The zero-order valence-corrected chi connectivity index (χ0v) is 23.8. The van der Waals surface area contributed by atoms with E-state index >= 15 is 0 Å². The normalized spacial score (nSPS) is 23.5. The molecule has 33 heavy (non-hydrogen) atoms. The van der Waals surface area contributed by atoms with Gasteiger partial charge in [-0.1, -0.05) is 20.8 Å². The van der Waals surface area contributed by atoms with Crippen LogP contribution in [0.1, 0.15) is 117 Å². The molecule has 1 fully saturated rings. The van der Waals surface area contributed by atoms with E-state index in [9.17, 15) is 0 Å². The molecule has 0 radical (unpaired) electrons. The molecular formula is C25H50O8. The quantitative estimate of drug-likeness (QED) is 0.214. The van der Waals surface area contributed by atoms with E-state index in [2.05, 4.69) is 6.92 Å². The zero-order chi connectivity index (χ0) is 26.1. The molecule has 8 heteroatoms. The minimum absolute atomic E-state index is 0.150. The van der Waals surface area contributed by atoms with Crippen LogP contribution in [0.5, 0.6) is 0 Å². The Morgan fingerprint density at radius 2 is 0.818 bits per heavy atom. The maximum Gasteiger partial charge on any atom is 0.297 e. The summed E-state index contributed by atoms with van der Waals surface area (Å²) in [6.45, 7) is 28.6. The summed E-state index contributed by atoms with van der Waals surface area (Å²) in [4.78, 5) is 48.0. The van der Waals surface area contributed by atoms with Crippen molar-refractivity contribution in [2.45, 2.75) is 151 Å². The van der Waals surface area contributed by atoms with Crippen molar-refractivity contribution in [2.75, 3.05) is 0 Å². The Morgan fingerprint density at radius 1 is 0.515 bits per heavy atom. The van der Waals surface area contributed by atoms with E-state index < -0.39 is 39.4 Å². The van der Waals surface area contributed by atoms with Gasteiger partial charge in [-0.3, -0.25) is 0 Å². The highest BCUT2D eigenvalue weighted by Gasteiger charge is 2.73. The van der Waals surface area contributed by atoms with Crippen molar-refractivity contribution in [1.82, 2.24) is 0 Å². The maximum absolute atomic E-state index is 6.18. The van der Waals surface area contributed by atoms with Crippen LogP contribution in [0.3, 0.4) is 0 Å². The van der Waals surface area contributed by atoms with Crippen molar-refractivity contribution in [2.24, 2.45) is 11.3 Å². The molecule has 0 aromatic carbocycles. The molecule has 0 amide bonds. The Hall–Kier alpha value is -0.320. The van der Waals surface area contributed by atoms with Crippen LogP contribution < -0.4 is 0 Å². The number of hydrogen-bond donors (Lipinski definition) is 0. The monoisotopic (exact) mass is 478 g/mol. The van der Waals surface area contributed by atoms with E-state index in [4.69, 9.17) is 39.1 Å². The molecule has 1 unspecified atom stereocenters. The summed E-state index contributed by atoms with van der Waals surface area (Å²) in [5.74, 6) is -3.26. The van der Waals surface area contributed by atoms with Gasteiger partial charge in [0.15, 0.2) is 0 Å². The molecule has 0 heterocycles. The van der Waals surface area contributed by atoms with Crippen molar-refractivity contribution in [3.05, 3.63) is 0 Å². The van der Waals surface area contributed by atoms with Crippen LogP contribution >= 0.6 is 0 Å². The van der Waals surface area contributed by atoms with E-state index in [0.717, 1.165) is 0 Å². The van der Waals surface area contributed by atoms with Gasteiger partial charge in [0, 0.05) is 11.8 Å². The highest BCUT2D eigenvalue weighted by Crippen LogP contribution is 2.57. The van der Waals surface area contributed by atoms with Gasteiger partial charge < -0.3 is 0 Å². The van der Waals surface area contributed by atoms with Gasteiger partial charge in [0.25, 0.3) is 11.6 Å². The second-order valence-corrected chi connectivity index (χ2v) is 13.9. The van der Waals surface area contributed by atoms with Crippen molar-refractivity contribution < 1.29 is 39.1 Å². The predicted molar refractivity (Wildman–Crippen MR) is 125 cm³/mol. The Morgan fingerprint density at radius 3 is 1.12 bits per heavy atom. The molecule has 1 atom stereocenters. The Bertz CT molecular complexity index is 580. The molecule has 0 N–H and O–H groups in total. The maximum atomic E-state index is 6.18. The first kappa shape index (κ1) is 30.7. The molecule has 0 bridgehead atoms. The van der Waals surface area contributed by atoms with Crippen molar-refractivity contribution in [1.29, 1.82) is 0 Å². The summed E-state index contributed by atoms with van der Waals surface area (Å²) in [6, 6.07) is 0. The largest absolute Gasteiger partial charge is 0.297 e. The van der Waals surface area contributed by atoms with Gasteiger partial charge in [0.05, 0.1) is 22.4 Å². The first-order chi connectivity index (χ1) is 14.4. The molecule has 1 saturated carbocycles. The lowest BCUT2D eigenvalue weighted by Crippen LogP contribution is -2.72. The standard InChI is InChI=1S/C25H50O8/c1-18-16-23(14,15)25(32-28-21(8,9)10,33-29-22(11,12)13)24(17-18,30-26-19(2,3)4)31-27-20(5,6)7/h18H,16-17H2,1-15H3. The third-order valence-corrected chi connectivity index (χ3v) is 4.54. The minimum atomic E-state index is -1.72. The molecule has 0 spiro atoms. The van der Waals surface area contributed by atoms with Gasteiger partial charge in [-0.25, -0.2) is 19.6 Å². The van der Waals surface area contributed by atoms with Crippen molar-refractivity contribution in [3.63, 3.8) is 0 Å². The molecule has 0 saturated heterocycles. The van der Waals surface area contributed by atoms with E-state index in [1.54, 1.807) is 0 Å². The summed E-state index contributed by atoms with van der Waals surface area (Å²) in [5, 5.41) is 0. The van der Waals surface area contributed by atoms with Crippen LogP contribution in [0, 0.1) is 11.3 Å². The molecular weight excluding hydrogens is 428 g/mol. The lowest BCUT2D eigenvalue weighted by Gasteiger charge is -2.57. The van der Waals surface area contributed by atoms with E-state index in [1.165, 1.54) is 0 Å². The van der Waals surface area contributed by atoms with Crippen molar-refractivity contribution in [3.8, 4) is 0 Å². The molecule has 1 aliphatic carbocycles. The highest BCUT2D eigenvalue weighted by molar-refractivity contribution is 5.04. The van der Waals surface area contributed by atoms with E-state index in [1.807, 2.05) is 96.9 Å². The number of rotatable bonds is 8. The first-order valence-electron chi connectivity index (χ1n) is 11.9. The van der Waals surface area contributed by atoms with Gasteiger partial charge in [-0.15, -0.1) is 0 Å². The van der Waals surface area contributed by atoms with Crippen LogP contribution in [0.25, 0.3) is 0 Å². The van der Waals surface area contributed by atoms with Crippen LogP contribution in [0.2, 0.25) is 0 Å². The highest BCUT2D eigenvalue weighted by atomic mass is 17.4. The van der Waals surface area contributed by atoms with Crippen molar-refractivity contribution >= 4 is 0 Å². The molecule has 0 aromatic heterocycles. The Kier molecular flexibility index (Phi) is 9.28.